The second-order valence-corrected chi connectivity index (χ2v) is 13.0. The lowest BCUT2D eigenvalue weighted by molar-refractivity contribution is -0.164. The maximum absolute atomic E-state index is 14.3. The van der Waals surface area contributed by atoms with Crippen LogP contribution in [0.3, 0.4) is 0 Å². The number of fused-ring (bicyclic) bond motifs is 2. The van der Waals surface area contributed by atoms with Gasteiger partial charge in [-0.25, -0.2) is 0 Å². The van der Waals surface area contributed by atoms with Crippen molar-refractivity contribution >= 4 is 23.7 Å². The molecule has 1 aromatic rings. The van der Waals surface area contributed by atoms with E-state index >= 15 is 0 Å². The van der Waals surface area contributed by atoms with Crippen molar-refractivity contribution in [3.8, 4) is 0 Å². The topological polar surface area (TPSA) is 117 Å². The minimum atomic E-state index is -1.40. The van der Waals surface area contributed by atoms with Gasteiger partial charge in [-0.15, -0.1) is 0 Å². The van der Waals surface area contributed by atoms with Gasteiger partial charge in [0.05, 0.1) is 18.1 Å². The molecule has 43 heavy (non-hydrogen) atoms. The Hall–Kier alpha value is -3.50. The van der Waals surface area contributed by atoms with Crippen LogP contribution >= 0.6 is 0 Å². The molecule has 1 N–H and O–H groups in total. The number of amides is 3. The highest BCUT2D eigenvalue weighted by molar-refractivity contribution is 5.99. The molecule has 4 aliphatic heterocycles. The Bertz CT molecular complexity index is 1310. The van der Waals surface area contributed by atoms with Gasteiger partial charge >= 0.3 is 5.97 Å². The molecule has 0 bridgehead atoms. The number of rotatable bonds is 4. The first-order valence-corrected chi connectivity index (χ1v) is 15.2. The third kappa shape index (κ3) is 5.40. The van der Waals surface area contributed by atoms with E-state index in [0.29, 0.717) is 13.0 Å². The molecule has 0 unspecified atom stereocenters. The van der Waals surface area contributed by atoms with E-state index in [-0.39, 0.29) is 43.7 Å². The molecule has 5 rings (SSSR count). The SMILES string of the molecule is C[C@@H]1[C@@H](c2ccccc2)OC(=O)[C@@H]2[C@H]3C(=O)N(CCCO)[C@@H]4C(=O)N(C(C)(C)C)CC=C[C@]34O[C@@H]2/C=C\CCC(=O)N1C. The number of ether oxygens (including phenoxy) is 2. The Balaban J connectivity index is 1.61. The van der Waals surface area contributed by atoms with Gasteiger partial charge < -0.3 is 29.3 Å². The normalized spacial score (nSPS) is 34.1. The zero-order chi connectivity index (χ0) is 31.1. The fourth-order valence-electron chi connectivity index (χ4n) is 6.97. The summed E-state index contributed by atoms with van der Waals surface area (Å²) in [6, 6.07) is 7.78. The Kier molecular flexibility index (Phi) is 8.55. The number of aliphatic hydroxyl groups excluding tert-OH is 1. The van der Waals surface area contributed by atoms with Crippen molar-refractivity contribution in [2.45, 2.75) is 82.4 Å². The number of hydrogen-bond acceptors (Lipinski definition) is 7. The molecule has 0 aliphatic carbocycles. The van der Waals surface area contributed by atoms with E-state index in [1.165, 1.54) is 4.90 Å². The zero-order valence-electron chi connectivity index (χ0n) is 25.6. The fraction of sp³-hybridized carbons (Fsp3) is 0.576. The molecule has 0 radical (unpaired) electrons. The standard InChI is InChI=1S/C33H43N3O7/c1-21-27(22-13-7-6-8-14-22)42-31(41)25-23(15-9-10-16-24(38)34(21)5)43-33-17-11-19-36(32(2,3)4)30(40)28(33)35(18-12-20-37)29(39)26(25)33/h6-9,11,13-15,17,21,23,25-28,37H,10,12,16,18-20H2,1-5H3/b15-9-/t21-,23-,25+,26+,27+,28-,33+/m1/s1. The summed E-state index contributed by atoms with van der Waals surface area (Å²) in [5.74, 6) is -3.36. The molecule has 10 heteroatoms. The van der Waals surface area contributed by atoms with Crippen molar-refractivity contribution in [2.24, 2.45) is 11.8 Å². The van der Waals surface area contributed by atoms with E-state index in [1.807, 2.05) is 70.2 Å². The van der Waals surface area contributed by atoms with Crippen LogP contribution in [0.1, 0.15) is 58.6 Å². The largest absolute Gasteiger partial charge is 0.455 e. The van der Waals surface area contributed by atoms with Gasteiger partial charge in [0.2, 0.25) is 17.7 Å². The molecule has 0 aromatic heterocycles. The predicted molar refractivity (Wildman–Crippen MR) is 158 cm³/mol. The molecular weight excluding hydrogens is 550 g/mol. The Labute approximate surface area is 253 Å². The molecule has 10 nitrogen and oxygen atoms in total. The third-order valence-corrected chi connectivity index (χ3v) is 9.30. The van der Waals surface area contributed by atoms with Gasteiger partial charge in [0, 0.05) is 38.7 Å². The maximum atomic E-state index is 14.3. The lowest BCUT2D eigenvalue weighted by Gasteiger charge is -2.40. The summed E-state index contributed by atoms with van der Waals surface area (Å²) in [5.41, 5.74) is -1.20. The smallest absolute Gasteiger partial charge is 0.313 e. The van der Waals surface area contributed by atoms with Crippen LogP contribution in [0.2, 0.25) is 0 Å². The van der Waals surface area contributed by atoms with Crippen molar-refractivity contribution in [2.75, 3.05) is 26.7 Å². The summed E-state index contributed by atoms with van der Waals surface area (Å²) in [6.45, 7) is 7.99. The van der Waals surface area contributed by atoms with Crippen LogP contribution in [-0.2, 0) is 28.7 Å². The average molecular weight is 594 g/mol. The van der Waals surface area contributed by atoms with E-state index in [2.05, 4.69) is 0 Å². The Morgan fingerprint density at radius 2 is 1.77 bits per heavy atom. The van der Waals surface area contributed by atoms with Crippen LogP contribution in [0.25, 0.3) is 0 Å². The maximum Gasteiger partial charge on any atom is 0.313 e. The number of benzene rings is 1. The highest BCUT2D eigenvalue weighted by Crippen LogP contribution is 2.53. The highest BCUT2D eigenvalue weighted by Gasteiger charge is 2.72. The molecule has 0 saturated carbocycles. The molecule has 1 spiro atoms. The van der Waals surface area contributed by atoms with E-state index in [1.54, 1.807) is 29.0 Å². The summed E-state index contributed by atoms with van der Waals surface area (Å²) in [5, 5.41) is 9.63. The van der Waals surface area contributed by atoms with Gasteiger partial charge in [-0.3, -0.25) is 19.2 Å². The molecule has 2 saturated heterocycles. The molecule has 1 aromatic carbocycles. The third-order valence-electron chi connectivity index (χ3n) is 9.30. The molecular formula is C33H43N3O7. The van der Waals surface area contributed by atoms with Crippen molar-refractivity contribution in [1.29, 1.82) is 0 Å². The van der Waals surface area contributed by atoms with Gasteiger partial charge in [0.15, 0.2) is 0 Å². The first-order valence-electron chi connectivity index (χ1n) is 15.2. The molecule has 4 aliphatic rings. The van der Waals surface area contributed by atoms with Gasteiger partial charge in [-0.05, 0) is 46.1 Å². The lowest BCUT2D eigenvalue weighted by atomic mass is 9.77. The second-order valence-electron chi connectivity index (χ2n) is 13.0. The monoisotopic (exact) mass is 593 g/mol. The summed E-state index contributed by atoms with van der Waals surface area (Å²) < 4.78 is 13.0. The quantitative estimate of drug-likeness (QED) is 0.422. The number of hydrogen-bond donors (Lipinski definition) is 1. The summed E-state index contributed by atoms with van der Waals surface area (Å²) >= 11 is 0. The minimum Gasteiger partial charge on any atom is -0.455 e. The minimum absolute atomic E-state index is 0.0802. The number of carbonyl (C=O) groups excluding carboxylic acids is 4. The number of allylic oxidation sites excluding steroid dienone is 1. The number of carbonyl (C=O) groups is 4. The van der Waals surface area contributed by atoms with E-state index < -0.39 is 53.2 Å². The Morgan fingerprint density at radius 1 is 1.05 bits per heavy atom. The van der Waals surface area contributed by atoms with Crippen molar-refractivity contribution in [1.82, 2.24) is 14.7 Å². The van der Waals surface area contributed by atoms with E-state index in [0.717, 1.165) is 5.56 Å². The lowest BCUT2D eigenvalue weighted by Crippen LogP contribution is -2.58. The van der Waals surface area contributed by atoms with E-state index in [4.69, 9.17) is 9.47 Å². The van der Waals surface area contributed by atoms with Crippen molar-refractivity contribution < 1.29 is 33.8 Å². The van der Waals surface area contributed by atoms with Crippen LogP contribution in [0.5, 0.6) is 0 Å². The van der Waals surface area contributed by atoms with Crippen LogP contribution in [0.15, 0.2) is 54.6 Å². The van der Waals surface area contributed by atoms with Gasteiger partial charge in [-0.2, -0.15) is 0 Å². The number of nitrogens with zero attached hydrogens (tertiary/aromatic N) is 3. The van der Waals surface area contributed by atoms with Crippen LogP contribution in [0, 0.1) is 11.8 Å². The Morgan fingerprint density at radius 3 is 2.44 bits per heavy atom. The van der Waals surface area contributed by atoms with Crippen LogP contribution in [0.4, 0.5) is 0 Å². The zero-order valence-corrected chi connectivity index (χ0v) is 25.6. The van der Waals surface area contributed by atoms with Crippen LogP contribution < -0.4 is 0 Å². The van der Waals surface area contributed by atoms with E-state index in [9.17, 15) is 24.3 Å². The summed E-state index contributed by atoms with van der Waals surface area (Å²) in [6.07, 6.45) is 6.53. The first kappa shape index (κ1) is 30.9. The predicted octanol–water partition coefficient (Wildman–Crippen LogP) is 2.63. The van der Waals surface area contributed by atoms with Crippen molar-refractivity contribution in [3.05, 3.63) is 60.2 Å². The number of likely N-dealkylation sites (tertiary alicyclic amines) is 1. The number of likely N-dealkylation sites (N-methyl/N-ethyl adjacent to an activating group) is 1. The average Bonchev–Trinajstić information content (AvgIpc) is 3.35. The fourth-order valence-corrected chi connectivity index (χ4v) is 6.97. The van der Waals surface area contributed by atoms with Crippen LogP contribution in [-0.4, -0.2) is 99.6 Å². The second kappa shape index (κ2) is 11.9. The van der Waals surface area contributed by atoms with Crippen molar-refractivity contribution in [3.63, 3.8) is 0 Å². The van der Waals surface area contributed by atoms with Gasteiger partial charge in [0.1, 0.15) is 23.7 Å². The molecule has 2 fully saturated rings. The summed E-state index contributed by atoms with van der Waals surface area (Å²) in [4.78, 5) is 60.8. The molecule has 7 atom stereocenters. The first-order chi connectivity index (χ1) is 20.4. The van der Waals surface area contributed by atoms with Gasteiger partial charge in [-0.1, -0.05) is 54.6 Å². The molecule has 232 valence electrons. The van der Waals surface area contributed by atoms with Gasteiger partial charge in [0.25, 0.3) is 0 Å². The number of esters is 1. The summed E-state index contributed by atoms with van der Waals surface area (Å²) in [7, 11) is 1.70. The number of cyclic esters (lactones) is 1. The molecule has 4 heterocycles. The number of aliphatic hydroxyl groups is 1. The highest BCUT2D eigenvalue weighted by atomic mass is 16.6. The molecule has 3 amide bonds.